The molecule has 0 bridgehead atoms. The van der Waals surface area contributed by atoms with E-state index in [2.05, 4.69) is 32.9 Å². The minimum absolute atomic E-state index is 0.0654. The molecule has 0 aromatic heterocycles. The topological polar surface area (TPSA) is 113 Å². The highest BCUT2D eigenvalue weighted by Gasteiger charge is 2.27. The fourth-order valence-electron chi connectivity index (χ4n) is 3.30. The number of carbonyl (C=O) groups is 1. The lowest BCUT2D eigenvalue weighted by Gasteiger charge is -2.29. The molecule has 11 heteroatoms. The Morgan fingerprint density at radius 3 is 2.12 bits per heavy atom. The van der Waals surface area contributed by atoms with Crippen LogP contribution in [0.2, 0.25) is 0 Å². The monoisotopic (exact) mass is 543 g/mol. The van der Waals surface area contributed by atoms with Crippen LogP contribution in [0, 0.1) is 5.92 Å². The normalized spacial score (nSPS) is 16.1. The third-order valence-electron chi connectivity index (χ3n) is 5.29. The van der Waals surface area contributed by atoms with Crippen LogP contribution in [0.15, 0.2) is 62.8 Å². The van der Waals surface area contributed by atoms with Gasteiger partial charge in [0.05, 0.1) is 9.79 Å². The molecule has 32 heavy (non-hydrogen) atoms. The first-order chi connectivity index (χ1) is 15.1. The van der Waals surface area contributed by atoms with E-state index in [1.165, 1.54) is 40.7 Å². The molecular weight excluding hydrogens is 518 g/mol. The molecule has 0 radical (unpaired) electrons. The Bertz CT molecular complexity index is 1140. The number of anilines is 1. The van der Waals surface area contributed by atoms with Crippen LogP contribution in [-0.4, -0.2) is 46.7 Å². The van der Waals surface area contributed by atoms with Gasteiger partial charge in [0.2, 0.25) is 26.0 Å². The second-order valence-electron chi connectivity index (χ2n) is 7.76. The van der Waals surface area contributed by atoms with Gasteiger partial charge < -0.3 is 5.32 Å². The van der Waals surface area contributed by atoms with Gasteiger partial charge in [0, 0.05) is 36.2 Å². The molecule has 0 saturated carbocycles. The van der Waals surface area contributed by atoms with Crippen LogP contribution in [0.1, 0.15) is 26.2 Å². The standard InChI is InChI=1S/C21H26BrN3O5S2/c1-16-11-14-25(15-12-16)32(29,30)20-8-4-18(5-9-20)24-21(26)10-13-23-31(27,28)19-6-2-17(22)3-7-19/h2-9,16,23H,10-15H2,1H3,(H,24,26). The number of hydrogen-bond acceptors (Lipinski definition) is 5. The molecule has 2 aromatic rings. The molecule has 8 nitrogen and oxygen atoms in total. The van der Waals surface area contributed by atoms with Crippen LogP contribution in [0.25, 0.3) is 0 Å². The number of amides is 1. The van der Waals surface area contributed by atoms with Gasteiger partial charge in [0.1, 0.15) is 0 Å². The summed E-state index contributed by atoms with van der Waals surface area (Å²) in [6, 6.07) is 12.2. The van der Waals surface area contributed by atoms with E-state index in [1.807, 2.05) is 0 Å². The first-order valence-corrected chi connectivity index (χ1v) is 13.9. The highest BCUT2D eigenvalue weighted by molar-refractivity contribution is 9.10. The summed E-state index contributed by atoms with van der Waals surface area (Å²) in [6.07, 6.45) is 1.62. The molecule has 3 rings (SSSR count). The fourth-order valence-corrected chi connectivity index (χ4v) is 6.07. The number of hydrogen-bond donors (Lipinski definition) is 2. The Hall–Kier alpha value is -1.79. The van der Waals surface area contributed by atoms with Gasteiger partial charge in [-0.05, 0) is 67.3 Å². The number of carbonyl (C=O) groups excluding carboxylic acids is 1. The van der Waals surface area contributed by atoms with Gasteiger partial charge in [-0.2, -0.15) is 4.31 Å². The second-order valence-corrected chi connectivity index (χ2v) is 12.4. The van der Waals surface area contributed by atoms with Crippen LogP contribution in [-0.2, 0) is 24.8 Å². The fraction of sp³-hybridized carbons (Fsp3) is 0.381. The van der Waals surface area contributed by atoms with E-state index in [9.17, 15) is 21.6 Å². The van der Waals surface area contributed by atoms with Crippen molar-refractivity contribution < 1.29 is 21.6 Å². The van der Waals surface area contributed by atoms with Crippen molar-refractivity contribution in [2.45, 2.75) is 36.0 Å². The minimum atomic E-state index is -3.70. The van der Waals surface area contributed by atoms with Crippen molar-refractivity contribution in [1.29, 1.82) is 0 Å². The summed E-state index contributed by atoms with van der Waals surface area (Å²) >= 11 is 3.25. The van der Waals surface area contributed by atoms with Crippen molar-refractivity contribution in [3.05, 3.63) is 53.0 Å². The Labute approximate surface area is 197 Å². The zero-order valence-electron chi connectivity index (χ0n) is 17.6. The number of sulfonamides is 2. The van der Waals surface area contributed by atoms with Crippen molar-refractivity contribution in [2.75, 3.05) is 25.0 Å². The van der Waals surface area contributed by atoms with E-state index in [4.69, 9.17) is 0 Å². The summed E-state index contributed by atoms with van der Waals surface area (Å²) in [4.78, 5) is 12.5. The summed E-state index contributed by atoms with van der Waals surface area (Å²) in [6.45, 7) is 3.08. The quantitative estimate of drug-likeness (QED) is 0.530. The number of piperidine rings is 1. The summed E-state index contributed by atoms with van der Waals surface area (Å²) in [5.41, 5.74) is 0.442. The number of nitrogens with one attached hydrogen (secondary N) is 2. The van der Waals surface area contributed by atoms with E-state index in [0.717, 1.165) is 17.3 Å². The highest BCUT2D eigenvalue weighted by Crippen LogP contribution is 2.24. The smallest absolute Gasteiger partial charge is 0.243 e. The van der Waals surface area contributed by atoms with Crippen LogP contribution in [0.4, 0.5) is 5.69 Å². The summed E-state index contributed by atoms with van der Waals surface area (Å²) in [5.74, 6) is 0.141. The van der Waals surface area contributed by atoms with Crippen molar-refractivity contribution in [2.24, 2.45) is 5.92 Å². The molecule has 1 aliphatic heterocycles. The van der Waals surface area contributed by atoms with E-state index < -0.39 is 20.0 Å². The van der Waals surface area contributed by atoms with Crippen LogP contribution >= 0.6 is 15.9 Å². The Morgan fingerprint density at radius 2 is 1.53 bits per heavy atom. The van der Waals surface area contributed by atoms with Gasteiger partial charge >= 0.3 is 0 Å². The summed E-state index contributed by atoms with van der Waals surface area (Å²) in [7, 11) is -7.25. The van der Waals surface area contributed by atoms with Crippen LogP contribution < -0.4 is 10.0 Å². The third-order valence-corrected chi connectivity index (χ3v) is 9.20. The van der Waals surface area contributed by atoms with Gasteiger partial charge in [-0.3, -0.25) is 4.79 Å². The zero-order chi connectivity index (χ0) is 23.4. The number of rotatable bonds is 8. The second kappa shape index (κ2) is 10.4. The van der Waals surface area contributed by atoms with Crippen molar-refractivity contribution >= 4 is 47.6 Å². The molecule has 0 unspecified atom stereocenters. The molecule has 0 aliphatic carbocycles. The predicted molar refractivity (Wildman–Crippen MR) is 126 cm³/mol. The first kappa shape index (κ1) is 24.8. The highest BCUT2D eigenvalue weighted by atomic mass is 79.9. The molecular formula is C21H26BrN3O5S2. The van der Waals surface area contributed by atoms with Crippen LogP contribution in [0.5, 0.6) is 0 Å². The molecule has 1 amide bonds. The van der Waals surface area contributed by atoms with Crippen LogP contribution in [0.3, 0.4) is 0 Å². The first-order valence-electron chi connectivity index (χ1n) is 10.2. The Morgan fingerprint density at radius 1 is 0.969 bits per heavy atom. The molecule has 2 aromatic carbocycles. The molecule has 2 N–H and O–H groups in total. The molecule has 1 aliphatic rings. The van der Waals surface area contributed by atoms with E-state index in [-0.39, 0.29) is 28.7 Å². The molecule has 0 spiro atoms. The lowest BCUT2D eigenvalue weighted by Crippen LogP contribution is -2.37. The van der Waals surface area contributed by atoms with Crippen molar-refractivity contribution in [3.63, 3.8) is 0 Å². The van der Waals surface area contributed by atoms with E-state index in [0.29, 0.717) is 24.7 Å². The average Bonchev–Trinajstić information content (AvgIpc) is 2.74. The lowest BCUT2D eigenvalue weighted by atomic mass is 10.0. The SMILES string of the molecule is CC1CCN(S(=O)(=O)c2ccc(NC(=O)CCNS(=O)(=O)c3ccc(Br)cc3)cc2)CC1. The summed E-state index contributed by atoms with van der Waals surface area (Å²) in [5, 5.41) is 2.65. The Kier molecular flexibility index (Phi) is 8.10. The number of nitrogens with zero attached hydrogens (tertiary/aromatic N) is 1. The van der Waals surface area contributed by atoms with E-state index >= 15 is 0 Å². The summed E-state index contributed by atoms with van der Waals surface area (Å²) < 4.78 is 54.7. The largest absolute Gasteiger partial charge is 0.326 e. The maximum Gasteiger partial charge on any atom is 0.243 e. The van der Waals surface area contributed by atoms with Crippen molar-refractivity contribution in [3.8, 4) is 0 Å². The van der Waals surface area contributed by atoms with Gasteiger partial charge in [-0.25, -0.2) is 21.6 Å². The van der Waals surface area contributed by atoms with E-state index in [1.54, 1.807) is 12.1 Å². The molecule has 1 saturated heterocycles. The molecule has 0 atom stereocenters. The Balaban J connectivity index is 1.52. The zero-order valence-corrected chi connectivity index (χ0v) is 20.8. The predicted octanol–water partition coefficient (Wildman–Crippen LogP) is 3.18. The van der Waals surface area contributed by atoms with Gasteiger partial charge in [0.15, 0.2) is 0 Å². The lowest BCUT2D eigenvalue weighted by molar-refractivity contribution is -0.116. The maximum absolute atomic E-state index is 12.8. The average molecular weight is 544 g/mol. The number of halogens is 1. The van der Waals surface area contributed by atoms with Crippen molar-refractivity contribution in [1.82, 2.24) is 9.03 Å². The minimum Gasteiger partial charge on any atom is -0.326 e. The van der Waals surface area contributed by atoms with Gasteiger partial charge in [-0.15, -0.1) is 0 Å². The maximum atomic E-state index is 12.8. The molecule has 1 heterocycles. The van der Waals surface area contributed by atoms with Gasteiger partial charge in [0.25, 0.3) is 0 Å². The molecule has 174 valence electrons. The number of benzene rings is 2. The van der Waals surface area contributed by atoms with Gasteiger partial charge in [-0.1, -0.05) is 22.9 Å². The third kappa shape index (κ3) is 6.38. The molecule has 1 fully saturated rings.